The third kappa shape index (κ3) is 3.30. The second-order valence-electron chi connectivity index (χ2n) is 4.64. The molecule has 100 valence electrons. The van der Waals surface area contributed by atoms with Crippen LogP contribution in [0.5, 0.6) is 11.5 Å². The maximum atomic E-state index is 6.11. The average Bonchev–Trinajstić information content (AvgIpc) is 2.41. The first-order valence-corrected chi connectivity index (χ1v) is 6.74. The molecule has 3 nitrogen and oxygen atoms in total. The summed E-state index contributed by atoms with van der Waals surface area (Å²) in [6, 6.07) is 6.10. The molecule has 0 radical (unpaired) electrons. The maximum Gasteiger partial charge on any atom is 0.161 e. The number of methoxy groups -OCH3 is 2. The van der Waals surface area contributed by atoms with Gasteiger partial charge in [0.05, 0.1) is 14.2 Å². The molecule has 1 heterocycles. The number of halogens is 1. The Labute approximate surface area is 114 Å². The Kier molecular flexibility index (Phi) is 4.72. The molecule has 1 aromatic carbocycles. The van der Waals surface area contributed by atoms with E-state index in [1.807, 2.05) is 12.1 Å². The van der Waals surface area contributed by atoms with E-state index in [1.54, 1.807) is 14.2 Å². The van der Waals surface area contributed by atoms with Gasteiger partial charge in [0.15, 0.2) is 11.5 Å². The van der Waals surface area contributed by atoms with Gasteiger partial charge < -0.3 is 9.47 Å². The number of likely N-dealkylation sites (tertiary alicyclic amines) is 1. The highest BCUT2D eigenvalue weighted by Crippen LogP contribution is 2.28. The van der Waals surface area contributed by atoms with Crippen molar-refractivity contribution in [1.82, 2.24) is 4.90 Å². The van der Waals surface area contributed by atoms with Gasteiger partial charge in [0.2, 0.25) is 0 Å². The van der Waals surface area contributed by atoms with Crippen LogP contribution in [0.3, 0.4) is 0 Å². The van der Waals surface area contributed by atoms with Crippen LogP contribution in [-0.2, 0) is 6.54 Å². The van der Waals surface area contributed by atoms with Crippen molar-refractivity contribution < 1.29 is 9.47 Å². The molecule has 0 aliphatic carbocycles. The van der Waals surface area contributed by atoms with Gasteiger partial charge in [-0.1, -0.05) is 6.07 Å². The normalized spacial score (nSPS) is 17.7. The summed E-state index contributed by atoms with van der Waals surface area (Å²) in [4.78, 5) is 2.43. The second kappa shape index (κ2) is 6.30. The zero-order valence-electron chi connectivity index (χ0n) is 11.0. The van der Waals surface area contributed by atoms with Gasteiger partial charge in [0.1, 0.15) is 0 Å². The van der Waals surface area contributed by atoms with E-state index in [1.165, 1.54) is 5.56 Å². The predicted octanol–water partition coefficient (Wildman–Crippen LogP) is 2.91. The summed E-state index contributed by atoms with van der Waals surface area (Å²) < 4.78 is 10.6. The molecule has 1 aromatic rings. The van der Waals surface area contributed by atoms with Crippen molar-refractivity contribution in [1.29, 1.82) is 0 Å². The van der Waals surface area contributed by atoms with E-state index < -0.39 is 0 Å². The number of ether oxygens (including phenoxy) is 2. The lowest BCUT2D eigenvalue weighted by Gasteiger charge is -2.29. The van der Waals surface area contributed by atoms with Crippen LogP contribution in [0.4, 0.5) is 0 Å². The van der Waals surface area contributed by atoms with Gasteiger partial charge in [0, 0.05) is 11.9 Å². The average molecular weight is 270 g/mol. The lowest BCUT2D eigenvalue weighted by Crippen LogP contribution is -2.33. The molecule has 0 spiro atoms. The van der Waals surface area contributed by atoms with Crippen LogP contribution in [-0.4, -0.2) is 37.6 Å². The van der Waals surface area contributed by atoms with Gasteiger partial charge in [-0.25, -0.2) is 0 Å². The third-order valence-corrected chi connectivity index (χ3v) is 3.81. The fraction of sp³-hybridized carbons (Fsp3) is 0.571. The fourth-order valence-electron chi connectivity index (χ4n) is 2.30. The Morgan fingerprint density at radius 3 is 2.44 bits per heavy atom. The minimum absolute atomic E-state index is 0.353. The SMILES string of the molecule is COc1ccc(CN2CCC(Cl)CC2)cc1OC. The van der Waals surface area contributed by atoms with E-state index in [-0.39, 0.29) is 0 Å². The van der Waals surface area contributed by atoms with Crippen molar-refractivity contribution in [3.8, 4) is 11.5 Å². The number of piperidine rings is 1. The zero-order valence-corrected chi connectivity index (χ0v) is 11.7. The summed E-state index contributed by atoms with van der Waals surface area (Å²) in [5.41, 5.74) is 1.25. The van der Waals surface area contributed by atoms with E-state index in [9.17, 15) is 0 Å². The van der Waals surface area contributed by atoms with Gasteiger partial charge >= 0.3 is 0 Å². The smallest absolute Gasteiger partial charge is 0.161 e. The quantitative estimate of drug-likeness (QED) is 0.785. The first-order chi connectivity index (χ1) is 8.72. The number of alkyl halides is 1. The molecule has 0 bridgehead atoms. The van der Waals surface area contributed by atoms with Crippen LogP contribution in [0, 0.1) is 0 Å². The summed E-state index contributed by atoms with van der Waals surface area (Å²) in [7, 11) is 3.32. The summed E-state index contributed by atoms with van der Waals surface area (Å²) in [5.74, 6) is 1.57. The van der Waals surface area contributed by atoms with Crippen LogP contribution in [0.25, 0.3) is 0 Å². The molecular formula is C14H20ClNO2. The predicted molar refractivity (Wildman–Crippen MR) is 73.7 cm³/mol. The van der Waals surface area contributed by atoms with Gasteiger partial charge in [-0.2, -0.15) is 0 Å². The molecule has 1 fully saturated rings. The molecule has 1 aliphatic heterocycles. The monoisotopic (exact) mass is 269 g/mol. The molecule has 2 rings (SSSR count). The molecule has 0 unspecified atom stereocenters. The number of hydrogen-bond acceptors (Lipinski definition) is 3. The van der Waals surface area contributed by atoms with E-state index in [0.717, 1.165) is 44.0 Å². The fourth-order valence-corrected chi connectivity index (χ4v) is 2.49. The molecule has 18 heavy (non-hydrogen) atoms. The van der Waals surface area contributed by atoms with Crippen molar-refractivity contribution >= 4 is 11.6 Å². The van der Waals surface area contributed by atoms with E-state index >= 15 is 0 Å². The van der Waals surface area contributed by atoms with Crippen LogP contribution in [0.2, 0.25) is 0 Å². The summed E-state index contributed by atoms with van der Waals surface area (Å²) >= 11 is 6.11. The first-order valence-electron chi connectivity index (χ1n) is 6.30. The molecule has 0 amide bonds. The van der Waals surface area contributed by atoms with Gasteiger partial charge in [-0.3, -0.25) is 4.90 Å². The Hall–Kier alpha value is -0.930. The Bertz CT molecular complexity index is 389. The second-order valence-corrected chi connectivity index (χ2v) is 5.26. The van der Waals surface area contributed by atoms with Crippen LogP contribution in [0.1, 0.15) is 18.4 Å². The van der Waals surface area contributed by atoms with Crippen molar-refractivity contribution in [3.63, 3.8) is 0 Å². The standard InChI is InChI=1S/C14H20ClNO2/c1-17-13-4-3-11(9-14(13)18-2)10-16-7-5-12(15)6-8-16/h3-4,9,12H,5-8,10H2,1-2H3. The lowest BCUT2D eigenvalue weighted by atomic mass is 10.1. The Balaban J connectivity index is 2.01. The molecule has 4 heteroatoms. The number of benzene rings is 1. The van der Waals surface area contributed by atoms with Crippen LogP contribution < -0.4 is 9.47 Å². The van der Waals surface area contributed by atoms with Crippen LogP contribution >= 0.6 is 11.6 Å². The zero-order chi connectivity index (χ0) is 13.0. The first kappa shape index (κ1) is 13.5. The molecule has 1 saturated heterocycles. The van der Waals surface area contributed by atoms with Crippen molar-refractivity contribution in [2.45, 2.75) is 24.8 Å². The van der Waals surface area contributed by atoms with Gasteiger partial charge in [0.25, 0.3) is 0 Å². The summed E-state index contributed by atoms with van der Waals surface area (Å²) in [6.45, 7) is 3.09. The molecule has 1 aliphatic rings. The van der Waals surface area contributed by atoms with Gasteiger partial charge in [-0.15, -0.1) is 11.6 Å². The van der Waals surface area contributed by atoms with E-state index in [0.29, 0.717) is 5.38 Å². The lowest BCUT2D eigenvalue weighted by molar-refractivity contribution is 0.223. The van der Waals surface area contributed by atoms with Crippen molar-refractivity contribution in [2.75, 3.05) is 27.3 Å². The minimum atomic E-state index is 0.353. The summed E-state index contributed by atoms with van der Waals surface area (Å²) in [5, 5.41) is 0.353. The van der Waals surface area contributed by atoms with Crippen LogP contribution in [0.15, 0.2) is 18.2 Å². The molecule has 0 atom stereocenters. The molecule has 0 N–H and O–H groups in total. The highest BCUT2D eigenvalue weighted by Gasteiger charge is 2.17. The highest BCUT2D eigenvalue weighted by molar-refractivity contribution is 6.20. The largest absolute Gasteiger partial charge is 0.493 e. The van der Waals surface area contributed by atoms with E-state index in [4.69, 9.17) is 21.1 Å². The molecular weight excluding hydrogens is 250 g/mol. The Morgan fingerprint density at radius 1 is 1.17 bits per heavy atom. The molecule has 0 aromatic heterocycles. The number of hydrogen-bond donors (Lipinski definition) is 0. The summed E-state index contributed by atoms with van der Waals surface area (Å²) in [6.07, 6.45) is 2.16. The number of rotatable bonds is 4. The van der Waals surface area contributed by atoms with Crippen molar-refractivity contribution in [2.24, 2.45) is 0 Å². The molecule has 0 saturated carbocycles. The highest BCUT2D eigenvalue weighted by atomic mass is 35.5. The third-order valence-electron chi connectivity index (χ3n) is 3.37. The van der Waals surface area contributed by atoms with E-state index in [2.05, 4.69) is 11.0 Å². The Morgan fingerprint density at radius 2 is 1.83 bits per heavy atom. The van der Waals surface area contributed by atoms with Crippen molar-refractivity contribution in [3.05, 3.63) is 23.8 Å². The maximum absolute atomic E-state index is 6.11. The minimum Gasteiger partial charge on any atom is -0.493 e. The number of nitrogens with zero attached hydrogens (tertiary/aromatic N) is 1. The van der Waals surface area contributed by atoms with Gasteiger partial charge in [-0.05, 0) is 43.6 Å². The topological polar surface area (TPSA) is 21.7 Å².